The normalized spacial score (nSPS) is 14.9. The lowest BCUT2D eigenvalue weighted by molar-refractivity contribution is 0.0938. The van der Waals surface area contributed by atoms with E-state index in [0.29, 0.717) is 6.54 Å². The number of hydrogen-bond acceptors (Lipinski definition) is 4. The molecule has 140 valence electrons. The van der Waals surface area contributed by atoms with Crippen molar-refractivity contribution in [1.29, 1.82) is 0 Å². The zero-order valence-corrected chi connectivity index (χ0v) is 17.1. The van der Waals surface area contributed by atoms with E-state index in [-0.39, 0.29) is 11.3 Å². The van der Waals surface area contributed by atoms with Gasteiger partial charge in [0.05, 0.1) is 11.3 Å². The summed E-state index contributed by atoms with van der Waals surface area (Å²) in [6.07, 6.45) is 3.94. The Kier molecular flexibility index (Phi) is 5.78. The summed E-state index contributed by atoms with van der Waals surface area (Å²) in [5, 5.41) is 5.11. The van der Waals surface area contributed by atoms with E-state index in [1.807, 2.05) is 11.6 Å². The lowest BCUT2D eigenvalue weighted by Crippen LogP contribution is -2.34. The molecule has 0 fully saturated rings. The average molecular weight is 372 g/mol. The summed E-state index contributed by atoms with van der Waals surface area (Å²) < 4.78 is 0. The maximum atomic E-state index is 12.5. The van der Waals surface area contributed by atoms with Crippen molar-refractivity contribution in [3.05, 3.63) is 51.0 Å². The number of amides is 1. The van der Waals surface area contributed by atoms with E-state index in [0.717, 1.165) is 43.7 Å². The Labute approximate surface area is 160 Å². The van der Waals surface area contributed by atoms with Gasteiger partial charge in [-0.15, -0.1) is 11.3 Å². The van der Waals surface area contributed by atoms with Crippen molar-refractivity contribution in [2.24, 2.45) is 5.41 Å². The summed E-state index contributed by atoms with van der Waals surface area (Å²) in [7, 11) is 0. The van der Waals surface area contributed by atoms with Gasteiger partial charge in [0.1, 0.15) is 0 Å². The quantitative estimate of drug-likeness (QED) is 0.863. The number of thiophene rings is 1. The molecule has 0 saturated carbocycles. The lowest BCUT2D eigenvalue weighted by Gasteiger charge is -2.27. The van der Waals surface area contributed by atoms with Gasteiger partial charge in [-0.2, -0.15) is 0 Å². The van der Waals surface area contributed by atoms with Gasteiger partial charge in [0.25, 0.3) is 5.91 Å². The predicted molar refractivity (Wildman–Crippen MR) is 108 cm³/mol. The molecular weight excluding hydrogens is 342 g/mol. The number of nitrogens with zero attached hydrogens (tertiary/aromatic N) is 2. The van der Waals surface area contributed by atoms with Crippen molar-refractivity contribution in [2.45, 2.75) is 53.6 Å². The summed E-state index contributed by atoms with van der Waals surface area (Å²) in [5.41, 5.74) is 4.61. The zero-order chi connectivity index (χ0) is 18.7. The molecule has 0 unspecified atom stereocenters. The lowest BCUT2D eigenvalue weighted by atomic mass is 9.96. The minimum absolute atomic E-state index is 0.0719. The highest BCUT2D eigenvalue weighted by Gasteiger charge is 2.24. The molecule has 0 spiro atoms. The molecule has 0 atom stereocenters. The van der Waals surface area contributed by atoms with E-state index < -0.39 is 0 Å². The highest BCUT2D eigenvalue weighted by atomic mass is 32.1. The Morgan fingerprint density at radius 2 is 2.15 bits per heavy atom. The van der Waals surface area contributed by atoms with Crippen LogP contribution in [0.15, 0.2) is 23.7 Å². The first-order valence-corrected chi connectivity index (χ1v) is 10.3. The molecule has 3 heterocycles. The summed E-state index contributed by atoms with van der Waals surface area (Å²) in [6.45, 7) is 12.0. The van der Waals surface area contributed by atoms with Gasteiger partial charge in [0, 0.05) is 42.6 Å². The summed E-state index contributed by atoms with van der Waals surface area (Å²) in [4.78, 5) is 20.8. The van der Waals surface area contributed by atoms with Crippen LogP contribution in [0.4, 0.5) is 0 Å². The number of aromatic nitrogens is 1. The van der Waals surface area contributed by atoms with Crippen molar-refractivity contribution in [3.8, 4) is 0 Å². The fraction of sp³-hybridized carbons (Fsp3) is 0.524. The molecule has 0 bridgehead atoms. The molecule has 0 aliphatic carbocycles. The van der Waals surface area contributed by atoms with Crippen molar-refractivity contribution < 1.29 is 4.79 Å². The van der Waals surface area contributed by atoms with Crippen molar-refractivity contribution in [2.75, 3.05) is 13.1 Å². The number of carbonyl (C=O) groups excluding carboxylic acids is 1. The molecule has 0 radical (unpaired) electrons. The maximum absolute atomic E-state index is 12.5. The first-order chi connectivity index (χ1) is 12.4. The van der Waals surface area contributed by atoms with E-state index in [1.165, 1.54) is 16.0 Å². The monoisotopic (exact) mass is 371 g/mol. The van der Waals surface area contributed by atoms with Crippen LogP contribution in [0.2, 0.25) is 0 Å². The Bertz CT molecular complexity index is 759. The Balaban J connectivity index is 1.62. The number of nitrogens with one attached hydrogen (secondary N) is 1. The molecule has 1 amide bonds. The molecule has 26 heavy (non-hydrogen) atoms. The van der Waals surface area contributed by atoms with E-state index in [4.69, 9.17) is 0 Å². The second kappa shape index (κ2) is 7.89. The number of aryl methyl sites for hydroxylation is 1. The predicted octanol–water partition coefficient (Wildman–Crippen LogP) is 4.04. The van der Waals surface area contributed by atoms with Gasteiger partial charge in [-0.25, -0.2) is 0 Å². The third-order valence-electron chi connectivity index (χ3n) is 4.73. The standard InChI is InChI=1S/C21H29N3OS/c1-5-15-6-7-16(22-10-15)11-24-9-8-17-18(13-26-19(17)12-24)20(25)23-14-21(2,3)4/h6-7,10,13H,5,8-9,11-12,14H2,1-4H3,(H,23,25). The first-order valence-electron chi connectivity index (χ1n) is 9.39. The SMILES string of the molecule is CCc1ccc(CN2CCc3c(C(=O)NCC(C)(C)C)csc3C2)nc1. The molecule has 3 rings (SSSR count). The Morgan fingerprint density at radius 3 is 2.81 bits per heavy atom. The fourth-order valence-electron chi connectivity index (χ4n) is 3.13. The third-order valence-corrected chi connectivity index (χ3v) is 5.74. The molecule has 2 aromatic heterocycles. The molecule has 2 aromatic rings. The third kappa shape index (κ3) is 4.71. The highest BCUT2D eigenvalue weighted by molar-refractivity contribution is 7.10. The van der Waals surface area contributed by atoms with E-state index >= 15 is 0 Å². The first kappa shape index (κ1) is 19.1. The minimum Gasteiger partial charge on any atom is -0.351 e. The molecule has 0 aromatic carbocycles. The molecular formula is C21H29N3OS. The van der Waals surface area contributed by atoms with E-state index in [1.54, 1.807) is 11.3 Å². The Hall–Kier alpha value is -1.72. The van der Waals surface area contributed by atoms with Crippen LogP contribution in [0.1, 0.15) is 59.8 Å². The maximum Gasteiger partial charge on any atom is 0.252 e. The Morgan fingerprint density at radius 1 is 1.35 bits per heavy atom. The largest absolute Gasteiger partial charge is 0.351 e. The summed E-state index contributed by atoms with van der Waals surface area (Å²) in [5.74, 6) is 0.0719. The van der Waals surface area contributed by atoms with Crippen LogP contribution >= 0.6 is 11.3 Å². The minimum atomic E-state index is 0.0719. The van der Waals surface area contributed by atoms with Crippen molar-refractivity contribution in [3.63, 3.8) is 0 Å². The number of hydrogen-bond donors (Lipinski definition) is 1. The van der Waals surface area contributed by atoms with Crippen LogP contribution in [0.25, 0.3) is 0 Å². The van der Waals surface area contributed by atoms with Gasteiger partial charge in [-0.3, -0.25) is 14.7 Å². The number of pyridine rings is 1. The zero-order valence-electron chi connectivity index (χ0n) is 16.3. The van der Waals surface area contributed by atoms with Crippen LogP contribution in [-0.2, 0) is 25.9 Å². The molecule has 1 aliphatic heterocycles. The van der Waals surface area contributed by atoms with E-state index in [9.17, 15) is 4.79 Å². The second-order valence-electron chi connectivity index (χ2n) is 8.27. The van der Waals surface area contributed by atoms with Crippen LogP contribution in [0, 0.1) is 5.41 Å². The molecule has 1 aliphatic rings. The van der Waals surface area contributed by atoms with Gasteiger partial charge < -0.3 is 5.32 Å². The van der Waals surface area contributed by atoms with Gasteiger partial charge in [0.2, 0.25) is 0 Å². The fourth-order valence-corrected chi connectivity index (χ4v) is 4.26. The molecule has 0 saturated heterocycles. The summed E-state index contributed by atoms with van der Waals surface area (Å²) >= 11 is 1.71. The molecule has 1 N–H and O–H groups in total. The number of rotatable bonds is 5. The molecule has 4 nitrogen and oxygen atoms in total. The van der Waals surface area contributed by atoms with Crippen LogP contribution in [0.5, 0.6) is 0 Å². The van der Waals surface area contributed by atoms with Crippen LogP contribution in [0.3, 0.4) is 0 Å². The molecule has 5 heteroatoms. The highest BCUT2D eigenvalue weighted by Crippen LogP contribution is 2.29. The van der Waals surface area contributed by atoms with Gasteiger partial charge >= 0.3 is 0 Å². The second-order valence-corrected chi connectivity index (χ2v) is 9.23. The van der Waals surface area contributed by atoms with Gasteiger partial charge in [-0.1, -0.05) is 33.8 Å². The smallest absolute Gasteiger partial charge is 0.252 e. The van der Waals surface area contributed by atoms with Crippen molar-refractivity contribution >= 4 is 17.2 Å². The van der Waals surface area contributed by atoms with Crippen LogP contribution in [-0.4, -0.2) is 28.9 Å². The number of fused-ring (bicyclic) bond motifs is 1. The van der Waals surface area contributed by atoms with E-state index in [2.05, 4.69) is 55.0 Å². The van der Waals surface area contributed by atoms with Gasteiger partial charge in [-0.05, 0) is 35.4 Å². The van der Waals surface area contributed by atoms with Crippen LogP contribution < -0.4 is 5.32 Å². The topological polar surface area (TPSA) is 45.2 Å². The van der Waals surface area contributed by atoms with Gasteiger partial charge in [0.15, 0.2) is 0 Å². The number of carbonyl (C=O) groups is 1. The summed E-state index contributed by atoms with van der Waals surface area (Å²) in [6, 6.07) is 4.30. The average Bonchev–Trinajstić information content (AvgIpc) is 3.03. The van der Waals surface area contributed by atoms with Crippen molar-refractivity contribution in [1.82, 2.24) is 15.2 Å².